The number of ether oxygens (including phenoxy) is 2. The third-order valence-electron chi connectivity index (χ3n) is 7.02. The van der Waals surface area contributed by atoms with Gasteiger partial charge in [-0.3, -0.25) is 9.78 Å². The lowest BCUT2D eigenvalue weighted by Crippen LogP contribution is -2.25. The number of aromatic nitrogens is 1. The highest BCUT2D eigenvalue weighted by Gasteiger charge is 2.27. The zero-order valence-electron chi connectivity index (χ0n) is 21.3. The molecule has 1 aromatic heterocycles. The van der Waals surface area contributed by atoms with Crippen molar-refractivity contribution in [2.75, 3.05) is 6.61 Å². The molecule has 1 fully saturated rings. The average molecular weight is 466 g/mol. The number of esters is 1. The Morgan fingerprint density at radius 3 is 2.24 bits per heavy atom. The van der Waals surface area contributed by atoms with Gasteiger partial charge >= 0.3 is 5.97 Å². The van der Waals surface area contributed by atoms with E-state index in [1.165, 1.54) is 56.9 Å². The molecule has 0 atom stereocenters. The standard InChI is InChI=1S/C30H43NO3/c1-3-5-7-9-24-10-15-26(16-11-24)30(32)34-28-19-13-25(14-20-28)12-17-27-18-21-29(23-31-27)33-22-8-6-4-2/h13-14,18-21,23-24,26H,3-12,15-17,22H2,1-2H3/t24-,26-. The quantitative estimate of drug-likeness (QED) is 0.163. The summed E-state index contributed by atoms with van der Waals surface area (Å²) in [7, 11) is 0. The molecule has 1 saturated carbocycles. The Bertz CT molecular complexity index is 823. The maximum absolute atomic E-state index is 12.6. The van der Waals surface area contributed by atoms with Crippen LogP contribution in [0.1, 0.15) is 95.7 Å². The molecule has 34 heavy (non-hydrogen) atoms. The van der Waals surface area contributed by atoms with Gasteiger partial charge in [-0.2, -0.15) is 0 Å². The van der Waals surface area contributed by atoms with E-state index in [0.717, 1.165) is 56.1 Å². The van der Waals surface area contributed by atoms with E-state index in [1.807, 2.05) is 30.5 Å². The van der Waals surface area contributed by atoms with Crippen molar-refractivity contribution >= 4 is 5.97 Å². The smallest absolute Gasteiger partial charge is 0.314 e. The minimum atomic E-state index is -0.0547. The number of hydrogen-bond donors (Lipinski definition) is 0. The summed E-state index contributed by atoms with van der Waals surface area (Å²) in [5, 5.41) is 0. The fourth-order valence-corrected chi connectivity index (χ4v) is 4.75. The van der Waals surface area contributed by atoms with Crippen LogP contribution in [-0.2, 0) is 17.6 Å². The predicted molar refractivity (Wildman–Crippen MR) is 138 cm³/mol. The second kappa shape index (κ2) is 14.8. The van der Waals surface area contributed by atoms with Crippen LogP contribution in [0.25, 0.3) is 0 Å². The maximum Gasteiger partial charge on any atom is 0.314 e. The molecule has 1 aromatic carbocycles. The Balaban J connectivity index is 1.37. The summed E-state index contributed by atoms with van der Waals surface area (Å²) < 4.78 is 11.4. The number of aryl methyl sites for hydroxylation is 2. The van der Waals surface area contributed by atoms with E-state index in [4.69, 9.17) is 9.47 Å². The number of pyridine rings is 1. The number of unbranched alkanes of at least 4 members (excludes halogenated alkanes) is 4. The van der Waals surface area contributed by atoms with Crippen molar-refractivity contribution in [3.63, 3.8) is 0 Å². The van der Waals surface area contributed by atoms with E-state index < -0.39 is 0 Å². The summed E-state index contributed by atoms with van der Waals surface area (Å²) in [6.07, 6.45) is 16.6. The lowest BCUT2D eigenvalue weighted by molar-refractivity contribution is -0.140. The molecule has 0 aliphatic heterocycles. The molecule has 0 bridgehead atoms. The molecule has 3 rings (SSSR count). The number of hydrogen-bond acceptors (Lipinski definition) is 4. The van der Waals surface area contributed by atoms with Crippen molar-refractivity contribution in [3.8, 4) is 11.5 Å². The average Bonchev–Trinajstić information content (AvgIpc) is 2.87. The van der Waals surface area contributed by atoms with E-state index in [0.29, 0.717) is 5.75 Å². The predicted octanol–water partition coefficient (Wildman–Crippen LogP) is 7.73. The van der Waals surface area contributed by atoms with E-state index in [1.54, 1.807) is 0 Å². The van der Waals surface area contributed by atoms with Crippen LogP contribution in [-0.4, -0.2) is 17.6 Å². The Morgan fingerprint density at radius 2 is 1.56 bits per heavy atom. The first-order valence-electron chi connectivity index (χ1n) is 13.6. The SMILES string of the molecule is CCCCCOc1ccc(CCc2ccc(OC(=O)[C@H]3CC[C@H](CCCCC)CC3)cc2)nc1. The molecule has 1 aliphatic rings. The van der Waals surface area contributed by atoms with Crippen molar-refractivity contribution in [2.45, 2.75) is 97.3 Å². The molecule has 0 N–H and O–H groups in total. The molecule has 0 saturated heterocycles. The lowest BCUT2D eigenvalue weighted by Gasteiger charge is -2.27. The minimum absolute atomic E-state index is 0.0547. The minimum Gasteiger partial charge on any atom is -0.492 e. The molecule has 1 heterocycles. The number of nitrogens with zero attached hydrogens (tertiary/aromatic N) is 1. The van der Waals surface area contributed by atoms with Crippen molar-refractivity contribution in [3.05, 3.63) is 53.9 Å². The van der Waals surface area contributed by atoms with Gasteiger partial charge in [0, 0.05) is 5.69 Å². The highest BCUT2D eigenvalue weighted by atomic mass is 16.5. The third-order valence-corrected chi connectivity index (χ3v) is 7.02. The Kier molecular flexibility index (Phi) is 11.4. The van der Waals surface area contributed by atoms with E-state index in [-0.39, 0.29) is 11.9 Å². The van der Waals surface area contributed by atoms with Crippen LogP contribution in [0, 0.1) is 11.8 Å². The first kappa shape index (κ1) is 26.2. The fraction of sp³-hybridized carbons (Fsp3) is 0.600. The Hall–Kier alpha value is -2.36. The summed E-state index contributed by atoms with van der Waals surface area (Å²) >= 11 is 0. The lowest BCUT2D eigenvalue weighted by atomic mass is 9.80. The zero-order chi connectivity index (χ0) is 24.0. The Labute approximate surface area is 206 Å². The summed E-state index contributed by atoms with van der Waals surface area (Å²) in [6.45, 7) is 5.20. The summed E-state index contributed by atoms with van der Waals surface area (Å²) in [5.74, 6) is 2.31. The van der Waals surface area contributed by atoms with Gasteiger partial charge in [-0.25, -0.2) is 0 Å². The van der Waals surface area contributed by atoms with Gasteiger partial charge in [0.1, 0.15) is 11.5 Å². The molecular weight excluding hydrogens is 422 g/mol. The number of rotatable bonds is 14. The second-order valence-electron chi connectivity index (χ2n) is 9.82. The highest BCUT2D eigenvalue weighted by molar-refractivity contribution is 5.75. The molecule has 186 valence electrons. The number of benzene rings is 1. The van der Waals surface area contributed by atoms with Gasteiger partial charge in [0.2, 0.25) is 0 Å². The van der Waals surface area contributed by atoms with Gasteiger partial charge in [0.05, 0.1) is 18.7 Å². The molecule has 0 radical (unpaired) electrons. The zero-order valence-corrected chi connectivity index (χ0v) is 21.3. The third kappa shape index (κ3) is 9.12. The van der Waals surface area contributed by atoms with Gasteiger partial charge in [-0.1, -0.05) is 64.5 Å². The second-order valence-corrected chi connectivity index (χ2v) is 9.82. The van der Waals surface area contributed by atoms with Crippen LogP contribution in [0.3, 0.4) is 0 Å². The summed E-state index contributed by atoms with van der Waals surface area (Å²) in [5.41, 5.74) is 2.27. The van der Waals surface area contributed by atoms with Crippen LogP contribution in [0.15, 0.2) is 42.6 Å². The highest BCUT2D eigenvalue weighted by Crippen LogP contribution is 2.33. The molecule has 0 amide bonds. The van der Waals surface area contributed by atoms with Crippen LogP contribution in [0.5, 0.6) is 11.5 Å². The van der Waals surface area contributed by atoms with E-state index in [9.17, 15) is 4.79 Å². The first-order valence-corrected chi connectivity index (χ1v) is 13.6. The van der Waals surface area contributed by atoms with Crippen molar-refractivity contribution in [2.24, 2.45) is 11.8 Å². The van der Waals surface area contributed by atoms with Gasteiger partial charge in [0.15, 0.2) is 0 Å². The molecule has 1 aliphatic carbocycles. The first-order chi connectivity index (χ1) is 16.7. The van der Waals surface area contributed by atoms with Gasteiger partial charge in [-0.15, -0.1) is 0 Å². The Morgan fingerprint density at radius 1 is 0.853 bits per heavy atom. The topological polar surface area (TPSA) is 48.4 Å². The monoisotopic (exact) mass is 465 g/mol. The van der Waals surface area contributed by atoms with Gasteiger partial charge in [-0.05, 0) is 80.7 Å². The van der Waals surface area contributed by atoms with Gasteiger partial charge < -0.3 is 9.47 Å². The van der Waals surface area contributed by atoms with Crippen molar-refractivity contribution in [1.29, 1.82) is 0 Å². The van der Waals surface area contributed by atoms with Gasteiger partial charge in [0.25, 0.3) is 0 Å². The van der Waals surface area contributed by atoms with Crippen LogP contribution >= 0.6 is 0 Å². The van der Waals surface area contributed by atoms with Crippen LogP contribution < -0.4 is 9.47 Å². The normalized spacial score (nSPS) is 17.9. The molecule has 0 spiro atoms. The summed E-state index contributed by atoms with van der Waals surface area (Å²) in [4.78, 5) is 17.1. The number of carbonyl (C=O) groups is 1. The fourth-order valence-electron chi connectivity index (χ4n) is 4.75. The maximum atomic E-state index is 12.6. The van der Waals surface area contributed by atoms with E-state index >= 15 is 0 Å². The molecule has 0 unspecified atom stereocenters. The largest absolute Gasteiger partial charge is 0.492 e. The molecule has 2 aromatic rings. The molecule has 4 heteroatoms. The van der Waals surface area contributed by atoms with Crippen LogP contribution in [0.4, 0.5) is 0 Å². The molecule has 4 nitrogen and oxygen atoms in total. The summed E-state index contributed by atoms with van der Waals surface area (Å²) in [6, 6.07) is 12.0. The van der Waals surface area contributed by atoms with Crippen molar-refractivity contribution < 1.29 is 14.3 Å². The molecular formula is C30H43NO3. The van der Waals surface area contributed by atoms with E-state index in [2.05, 4.69) is 31.0 Å². The number of carbonyl (C=O) groups excluding carboxylic acids is 1. The van der Waals surface area contributed by atoms with Crippen LogP contribution in [0.2, 0.25) is 0 Å². The van der Waals surface area contributed by atoms with Crippen molar-refractivity contribution in [1.82, 2.24) is 4.98 Å².